The summed E-state index contributed by atoms with van der Waals surface area (Å²) in [6.07, 6.45) is 0. The third-order valence-electron chi connectivity index (χ3n) is 5.72. The Bertz CT molecular complexity index is 1290. The van der Waals surface area contributed by atoms with Crippen molar-refractivity contribution in [3.05, 3.63) is 133 Å². The highest BCUT2D eigenvalue weighted by molar-refractivity contribution is 5.23. The van der Waals surface area contributed by atoms with Crippen molar-refractivity contribution in [2.45, 2.75) is 59.8 Å². The van der Waals surface area contributed by atoms with Gasteiger partial charge in [-0.05, 0) is 46.2 Å². The first-order chi connectivity index (χ1) is 18.5. The van der Waals surface area contributed by atoms with Crippen molar-refractivity contribution in [3.63, 3.8) is 0 Å². The van der Waals surface area contributed by atoms with E-state index in [1.807, 2.05) is 0 Å². The first kappa shape index (κ1) is 35.1. The molecule has 4 rings (SSSR count). The molecule has 0 aliphatic carbocycles. The minimum Gasteiger partial charge on any atom is -0.207 e. The van der Waals surface area contributed by atoms with Gasteiger partial charge in [0.15, 0.2) is 30.4 Å². The molecule has 0 saturated heterocycles. The lowest BCUT2D eigenvalue weighted by molar-refractivity contribution is -0.609. The molecule has 0 bridgehead atoms. The number of benzene rings is 4. The summed E-state index contributed by atoms with van der Waals surface area (Å²) >= 11 is -1.99. The summed E-state index contributed by atoms with van der Waals surface area (Å²) in [6.45, 7) is 13.6. The summed E-state index contributed by atoms with van der Waals surface area (Å²) < 4.78 is 80.7. The Morgan fingerprint density at radius 2 is 0.707 bits per heavy atom. The van der Waals surface area contributed by atoms with E-state index >= 15 is 0 Å². The molecule has 0 radical (unpaired) electrons. The van der Waals surface area contributed by atoms with Gasteiger partial charge in [0.2, 0.25) is 0 Å². The number of halogens is 8. The fourth-order valence-corrected chi connectivity index (χ4v) is 7.83. The Kier molecular flexibility index (Phi) is 12.3. The van der Waals surface area contributed by atoms with Gasteiger partial charge in [-0.15, -0.1) is 0 Å². The Labute approximate surface area is 260 Å². The molecular formula is C33H34F6I2+2. The maximum Gasteiger partial charge on any atom is 0.370 e. The summed E-state index contributed by atoms with van der Waals surface area (Å²) in [5.41, 5.74) is 3.31. The zero-order valence-corrected chi connectivity index (χ0v) is 27.3. The monoisotopic (exact) mass is 798 g/mol. The topological polar surface area (TPSA) is 0 Å². The van der Waals surface area contributed by atoms with Crippen LogP contribution in [0.5, 0.6) is 0 Å². The minimum atomic E-state index is -1.92. The molecule has 0 atom stereocenters. The Morgan fingerprint density at radius 1 is 0.439 bits per heavy atom. The summed E-state index contributed by atoms with van der Waals surface area (Å²) in [7, 11) is 0. The van der Waals surface area contributed by atoms with E-state index < -0.39 is 63.2 Å². The van der Waals surface area contributed by atoms with Gasteiger partial charge in [0, 0.05) is 24.3 Å². The number of rotatable bonds is 4. The van der Waals surface area contributed by atoms with Crippen LogP contribution in [0.2, 0.25) is 0 Å². The summed E-state index contributed by atoms with van der Waals surface area (Å²) in [4.78, 5) is 0. The molecule has 0 N–H and O–H groups in total. The van der Waals surface area contributed by atoms with Gasteiger partial charge < -0.3 is 0 Å². The van der Waals surface area contributed by atoms with Crippen molar-refractivity contribution in [2.24, 2.45) is 0 Å². The smallest absolute Gasteiger partial charge is 0.207 e. The highest BCUT2D eigenvalue weighted by Crippen LogP contribution is 2.22. The molecular weight excluding hydrogens is 764 g/mol. The fraction of sp³-hybridized carbons (Fsp3) is 0.273. The maximum absolute atomic E-state index is 13.4. The molecule has 0 saturated carbocycles. The summed E-state index contributed by atoms with van der Waals surface area (Å²) in [5.74, 6) is -7.10. The van der Waals surface area contributed by atoms with Crippen LogP contribution in [0.1, 0.15) is 60.1 Å². The van der Waals surface area contributed by atoms with Crippen LogP contribution in [0.3, 0.4) is 0 Å². The van der Waals surface area contributed by atoms with E-state index in [-0.39, 0.29) is 39.5 Å². The highest BCUT2D eigenvalue weighted by Gasteiger charge is 2.33. The lowest BCUT2D eigenvalue weighted by Crippen LogP contribution is -3.62. The molecule has 0 fully saturated rings. The van der Waals surface area contributed by atoms with E-state index in [9.17, 15) is 26.3 Å². The second kappa shape index (κ2) is 14.4. The molecule has 0 aromatic heterocycles. The zero-order chi connectivity index (χ0) is 29.8. The SMILES string of the molecule is C.CC(C)(C)c1ccc([I+]c2ccc(C(C)(C)C)cc2)cc1.Fc1cc(F)c([I+]c2c(F)cc(F)cc2F)c(F)c1. The predicted octanol–water partition coefficient (Wildman–Crippen LogP) is 3.70. The Morgan fingerprint density at radius 3 is 0.951 bits per heavy atom. The summed E-state index contributed by atoms with van der Waals surface area (Å²) in [6, 6.07) is 20.1. The van der Waals surface area contributed by atoms with E-state index in [0.29, 0.717) is 24.3 Å². The molecule has 0 aliphatic rings. The lowest BCUT2D eigenvalue weighted by Gasteiger charge is -2.18. The van der Waals surface area contributed by atoms with Crippen LogP contribution in [0.15, 0.2) is 72.8 Å². The molecule has 4 aromatic carbocycles. The van der Waals surface area contributed by atoms with Gasteiger partial charge >= 0.3 is 42.4 Å². The second-order valence-electron chi connectivity index (χ2n) is 11.1. The standard InChI is InChI=1S/C20H26I.C12H4F6I.CH4/c1-19(2,3)15-7-11-17(12-8-15)21-18-13-9-16(10-14-18)20(4,5)6;13-5-1-7(15)11(8(16)2-5)19-12-9(17)3-6(14)4-10(12)18;/h7-14H,1-6H3;1-4H;1H4/q2*+1;. The van der Waals surface area contributed by atoms with Crippen LogP contribution in [-0.2, 0) is 10.8 Å². The van der Waals surface area contributed by atoms with Crippen molar-refractivity contribution < 1.29 is 68.8 Å². The van der Waals surface area contributed by atoms with Crippen molar-refractivity contribution >= 4 is 0 Å². The van der Waals surface area contributed by atoms with Crippen molar-refractivity contribution in [1.29, 1.82) is 0 Å². The fourth-order valence-electron chi connectivity index (χ4n) is 3.48. The molecule has 0 unspecified atom stereocenters. The van der Waals surface area contributed by atoms with Crippen molar-refractivity contribution in [3.8, 4) is 0 Å². The van der Waals surface area contributed by atoms with E-state index in [4.69, 9.17) is 0 Å². The van der Waals surface area contributed by atoms with E-state index in [0.717, 1.165) is 0 Å². The van der Waals surface area contributed by atoms with Gasteiger partial charge in [0.1, 0.15) is 11.6 Å². The van der Waals surface area contributed by atoms with Gasteiger partial charge in [-0.25, -0.2) is 26.3 Å². The molecule has 0 aliphatic heterocycles. The normalized spacial score (nSPS) is 11.4. The molecule has 4 aromatic rings. The van der Waals surface area contributed by atoms with E-state index in [1.165, 1.54) is 18.3 Å². The van der Waals surface area contributed by atoms with Crippen LogP contribution in [0.25, 0.3) is 0 Å². The first-order valence-electron chi connectivity index (χ1n) is 12.3. The first-order valence-corrected chi connectivity index (χ1v) is 16.7. The van der Waals surface area contributed by atoms with Gasteiger partial charge in [0.25, 0.3) is 7.14 Å². The van der Waals surface area contributed by atoms with Crippen LogP contribution < -0.4 is 42.4 Å². The molecule has 0 amide bonds. The molecule has 0 heterocycles. The maximum atomic E-state index is 13.4. The van der Waals surface area contributed by atoms with Crippen LogP contribution in [-0.4, -0.2) is 0 Å². The molecule has 41 heavy (non-hydrogen) atoms. The average molecular weight is 798 g/mol. The quantitative estimate of drug-likeness (QED) is 0.128. The molecule has 0 spiro atoms. The van der Waals surface area contributed by atoms with Crippen LogP contribution in [0, 0.1) is 49.2 Å². The van der Waals surface area contributed by atoms with Crippen LogP contribution in [0.4, 0.5) is 26.3 Å². The molecule has 0 nitrogen and oxygen atoms in total. The van der Waals surface area contributed by atoms with Gasteiger partial charge in [-0.1, -0.05) is 73.2 Å². The van der Waals surface area contributed by atoms with Crippen molar-refractivity contribution in [1.82, 2.24) is 0 Å². The predicted molar refractivity (Wildman–Crippen MR) is 144 cm³/mol. The Balaban J connectivity index is 0.000000281. The number of hydrogen-bond donors (Lipinski definition) is 0. The summed E-state index contributed by atoms with van der Waals surface area (Å²) in [5, 5.41) is 0. The minimum absolute atomic E-state index is 0. The molecule has 8 heteroatoms. The zero-order valence-electron chi connectivity index (χ0n) is 23.0. The van der Waals surface area contributed by atoms with Gasteiger partial charge in [0.05, 0.1) is 0 Å². The average Bonchev–Trinajstić information content (AvgIpc) is 2.82. The highest BCUT2D eigenvalue weighted by atomic mass is 127. The van der Waals surface area contributed by atoms with E-state index in [1.54, 1.807) is 0 Å². The van der Waals surface area contributed by atoms with E-state index in [2.05, 4.69) is 90.1 Å². The number of hydrogen-bond acceptors (Lipinski definition) is 0. The lowest BCUT2D eigenvalue weighted by atomic mass is 9.87. The van der Waals surface area contributed by atoms with Gasteiger partial charge in [-0.2, -0.15) is 0 Å². The third-order valence-corrected chi connectivity index (χ3v) is 11.5. The molecule has 220 valence electrons. The second-order valence-corrected chi connectivity index (χ2v) is 16.8. The van der Waals surface area contributed by atoms with Crippen LogP contribution >= 0.6 is 0 Å². The van der Waals surface area contributed by atoms with Gasteiger partial charge in [-0.3, -0.25) is 0 Å². The largest absolute Gasteiger partial charge is 0.370 e. The third kappa shape index (κ3) is 10.0. The van der Waals surface area contributed by atoms with Crippen molar-refractivity contribution in [2.75, 3.05) is 0 Å². The Hall–Kier alpha value is -2.08.